The number of hydrogen-bond donors (Lipinski definition) is 2. The molecule has 0 bridgehead atoms. The molecule has 0 saturated heterocycles. The summed E-state index contributed by atoms with van der Waals surface area (Å²) >= 11 is 0. The van der Waals surface area contributed by atoms with Crippen molar-refractivity contribution in [1.82, 2.24) is 5.32 Å². The lowest BCUT2D eigenvalue weighted by Gasteiger charge is -2.22. The van der Waals surface area contributed by atoms with Crippen LogP contribution in [0.25, 0.3) is 0 Å². The Morgan fingerprint density at radius 3 is 2.35 bits per heavy atom. The van der Waals surface area contributed by atoms with Crippen molar-refractivity contribution in [3.8, 4) is 11.5 Å². The minimum atomic E-state index is -1.16. The summed E-state index contributed by atoms with van der Waals surface area (Å²) < 4.78 is 15.4. The highest BCUT2D eigenvalue weighted by atomic mass is 16.6. The molecule has 0 heterocycles. The van der Waals surface area contributed by atoms with E-state index in [0.717, 1.165) is 0 Å². The number of benzene rings is 1. The highest BCUT2D eigenvalue weighted by Crippen LogP contribution is 2.25. The number of aliphatic carboxylic acids is 1. The molecule has 0 aromatic heterocycles. The van der Waals surface area contributed by atoms with Gasteiger partial charge in [0.25, 0.3) is 0 Å². The van der Waals surface area contributed by atoms with Gasteiger partial charge in [0.2, 0.25) is 0 Å². The van der Waals surface area contributed by atoms with Crippen LogP contribution in [0.15, 0.2) is 18.2 Å². The van der Waals surface area contributed by atoms with Crippen molar-refractivity contribution < 1.29 is 28.9 Å². The molecule has 1 rings (SSSR count). The van der Waals surface area contributed by atoms with Crippen molar-refractivity contribution in [1.29, 1.82) is 0 Å². The Bertz CT molecular complexity index is 564. The molecule has 128 valence electrons. The second kappa shape index (κ2) is 7.71. The fourth-order valence-electron chi connectivity index (χ4n) is 1.89. The van der Waals surface area contributed by atoms with Crippen LogP contribution in [-0.2, 0) is 16.0 Å². The summed E-state index contributed by atoms with van der Waals surface area (Å²) in [5, 5.41) is 11.7. The van der Waals surface area contributed by atoms with Gasteiger partial charge in [-0.1, -0.05) is 6.07 Å². The van der Waals surface area contributed by atoms with Gasteiger partial charge in [-0.15, -0.1) is 0 Å². The Hall–Kier alpha value is -2.44. The third kappa shape index (κ3) is 6.06. The summed E-state index contributed by atoms with van der Waals surface area (Å²) in [4.78, 5) is 23.2. The van der Waals surface area contributed by atoms with Gasteiger partial charge in [-0.25, -0.2) is 9.59 Å². The quantitative estimate of drug-likeness (QED) is 0.833. The fourth-order valence-corrected chi connectivity index (χ4v) is 1.89. The topological polar surface area (TPSA) is 94.1 Å². The molecule has 0 aliphatic carbocycles. The number of nitrogens with one attached hydrogen (secondary N) is 1. The van der Waals surface area contributed by atoms with Gasteiger partial charge in [-0.05, 0) is 32.4 Å². The summed E-state index contributed by atoms with van der Waals surface area (Å²) in [6, 6.07) is 3.92. The monoisotopic (exact) mass is 325 g/mol. The van der Waals surface area contributed by atoms with Crippen LogP contribution in [0.2, 0.25) is 0 Å². The summed E-state index contributed by atoms with van der Waals surface area (Å²) in [7, 11) is 3.01. The molecule has 0 unspecified atom stereocenters. The minimum Gasteiger partial charge on any atom is -0.497 e. The molecule has 0 spiro atoms. The number of ether oxygens (including phenoxy) is 3. The van der Waals surface area contributed by atoms with Gasteiger partial charge in [0.15, 0.2) is 0 Å². The SMILES string of the molecule is COc1ccc(C[C@@H](NC(=O)OC(C)(C)C)C(=O)O)c(OC)c1. The zero-order chi connectivity index (χ0) is 17.6. The zero-order valence-electron chi connectivity index (χ0n) is 14.0. The predicted octanol–water partition coefficient (Wildman–Crippen LogP) is 2.22. The molecule has 0 radical (unpaired) electrons. The van der Waals surface area contributed by atoms with Crippen molar-refractivity contribution in [2.24, 2.45) is 0 Å². The van der Waals surface area contributed by atoms with E-state index in [-0.39, 0.29) is 6.42 Å². The number of alkyl carbamates (subject to hydrolysis) is 1. The molecule has 0 aliphatic rings. The van der Waals surface area contributed by atoms with Crippen LogP contribution in [0.1, 0.15) is 26.3 Å². The number of carboxylic acids is 1. The smallest absolute Gasteiger partial charge is 0.408 e. The highest BCUT2D eigenvalue weighted by Gasteiger charge is 2.25. The zero-order valence-corrected chi connectivity index (χ0v) is 14.0. The lowest BCUT2D eigenvalue weighted by molar-refractivity contribution is -0.139. The van der Waals surface area contributed by atoms with Gasteiger partial charge >= 0.3 is 12.1 Å². The Morgan fingerprint density at radius 2 is 1.87 bits per heavy atom. The van der Waals surface area contributed by atoms with Gasteiger partial charge in [0, 0.05) is 12.5 Å². The van der Waals surface area contributed by atoms with Gasteiger partial charge < -0.3 is 24.6 Å². The number of methoxy groups -OCH3 is 2. The second-order valence-corrected chi connectivity index (χ2v) is 5.92. The Labute approximate surface area is 135 Å². The van der Waals surface area contributed by atoms with E-state index in [4.69, 9.17) is 14.2 Å². The van der Waals surface area contributed by atoms with E-state index >= 15 is 0 Å². The normalized spacial score (nSPS) is 12.2. The van der Waals surface area contributed by atoms with E-state index in [1.54, 1.807) is 39.0 Å². The highest BCUT2D eigenvalue weighted by molar-refractivity contribution is 5.80. The first-order valence-corrected chi connectivity index (χ1v) is 7.09. The maximum atomic E-state index is 11.8. The molecule has 1 aromatic carbocycles. The lowest BCUT2D eigenvalue weighted by Crippen LogP contribution is -2.44. The molecule has 0 aliphatic heterocycles. The first-order chi connectivity index (χ1) is 10.7. The second-order valence-electron chi connectivity index (χ2n) is 5.92. The predicted molar refractivity (Wildman–Crippen MR) is 84.0 cm³/mol. The average molecular weight is 325 g/mol. The Morgan fingerprint density at radius 1 is 1.22 bits per heavy atom. The molecule has 7 nitrogen and oxygen atoms in total. The van der Waals surface area contributed by atoms with E-state index in [9.17, 15) is 14.7 Å². The molecule has 1 amide bonds. The van der Waals surface area contributed by atoms with Crippen LogP contribution in [0.4, 0.5) is 4.79 Å². The van der Waals surface area contributed by atoms with E-state index in [1.807, 2.05) is 0 Å². The van der Waals surface area contributed by atoms with Crippen molar-refractivity contribution in [3.05, 3.63) is 23.8 Å². The molecule has 2 N–H and O–H groups in total. The van der Waals surface area contributed by atoms with Crippen LogP contribution in [0.3, 0.4) is 0 Å². The van der Waals surface area contributed by atoms with Gasteiger partial charge in [-0.2, -0.15) is 0 Å². The summed E-state index contributed by atoms with van der Waals surface area (Å²) in [6.45, 7) is 5.11. The first kappa shape index (κ1) is 18.6. The van der Waals surface area contributed by atoms with Crippen LogP contribution in [-0.4, -0.2) is 43.0 Å². The maximum absolute atomic E-state index is 11.8. The van der Waals surface area contributed by atoms with Gasteiger partial charge in [-0.3, -0.25) is 0 Å². The van der Waals surface area contributed by atoms with Crippen molar-refractivity contribution in [3.63, 3.8) is 0 Å². The number of rotatable bonds is 6. The molecule has 23 heavy (non-hydrogen) atoms. The fraction of sp³-hybridized carbons (Fsp3) is 0.500. The number of carbonyl (C=O) groups excluding carboxylic acids is 1. The Kier molecular flexibility index (Phi) is 6.24. The minimum absolute atomic E-state index is 0.0573. The molecule has 7 heteroatoms. The average Bonchev–Trinajstić information content (AvgIpc) is 2.44. The van der Waals surface area contributed by atoms with Crippen LogP contribution < -0.4 is 14.8 Å². The molecule has 0 saturated carbocycles. The van der Waals surface area contributed by atoms with E-state index in [1.165, 1.54) is 14.2 Å². The number of carbonyl (C=O) groups is 2. The van der Waals surface area contributed by atoms with Crippen LogP contribution >= 0.6 is 0 Å². The molecule has 0 fully saturated rings. The van der Waals surface area contributed by atoms with E-state index in [0.29, 0.717) is 17.1 Å². The summed E-state index contributed by atoms with van der Waals surface area (Å²) in [6.07, 6.45) is -0.723. The van der Waals surface area contributed by atoms with Crippen molar-refractivity contribution >= 4 is 12.1 Å². The molecule has 1 atom stereocenters. The third-order valence-electron chi connectivity index (χ3n) is 2.91. The Balaban J connectivity index is 2.88. The molecular formula is C16H23NO6. The van der Waals surface area contributed by atoms with Crippen LogP contribution in [0.5, 0.6) is 11.5 Å². The lowest BCUT2D eigenvalue weighted by atomic mass is 10.0. The number of hydrogen-bond acceptors (Lipinski definition) is 5. The number of carboxylic acid groups (broad SMARTS) is 1. The van der Waals surface area contributed by atoms with Crippen LogP contribution in [0, 0.1) is 0 Å². The number of amides is 1. The largest absolute Gasteiger partial charge is 0.497 e. The van der Waals surface area contributed by atoms with E-state index in [2.05, 4.69) is 5.32 Å². The van der Waals surface area contributed by atoms with E-state index < -0.39 is 23.7 Å². The standard InChI is InChI=1S/C16H23NO6/c1-16(2,3)23-15(20)17-12(14(18)19)8-10-6-7-11(21-4)9-13(10)22-5/h6-7,9,12H,8H2,1-5H3,(H,17,20)(H,18,19)/t12-/m1/s1. The summed E-state index contributed by atoms with van der Waals surface area (Å²) in [5.41, 5.74) is -0.0675. The van der Waals surface area contributed by atoms with Gasteiger partial charge in [0.05, 0.1) is 14.2 Å². The summed E-state index contributed by atoms with van der Waals surface area (Å²) in [5.74, 6) is -0.0760. The molecular weight excluding hydrogens is 302 g/mol. The maximum Gasteiger partial charge on any atom is 0.408 e. The molecule has 1 aromatic rings. The van der Waals surface area contributed by atoms with Gasteiger partial charge in [0.1, 0.15) is 23.1 Å². The third-order valence-corrected chi connectivity index (χ3v) is 2.91. The van der Waals surface area contributed by atoms with Crippen molar-refractivity contribution in [2.75, 3.05) is 14.2 Å². The van der Waals surface area contributed by atoms with Crippen molar-refractivity contribution in [2.45, 2.75) is 38.8 Å². The first-order valence-electron chi connectivity index (χ1n) is 7.09.